The molecule has 0 bridgehead atoms. The van der Waals surface area contributed by atoms with Gasteiger partial charge in [0.25, 0.3) is 0 Å². The minimum atomic E-state index is 0.121. The first kappa shape index (κ1) is 10.5. The summed E-state index contributed by atoms with van der Waals surface area (Å²) in [4.78, 5) is 13.4. The Morgan fingerprint density at radius 3 is 2.62 bits per heavy atom. The summed E-state index contributed by atoms with van der Waals surface area (Å²) in [5.41, 5.74) is 0. The molecule has 1 saturated heterocycles. The highest BCUT2D eigenvalue weighted by Crippen LogP contribution is 2.16. The fraction of sp³-hybridized carbons (Fsp3) is 0.900. The zero-order valence-corrected chi connectivity index (χ0v) is 8.33. The zero-order chi connectivity index (χ0) is 9.68. The number of hydrogen-bond donors (Lipinski definition) is 1. The molecule has 0 spiro atoms. The van der Waals surface area contributed by atoms with Crippen LogP contribution in [0.4, 0.5) is 0 Å². The summed E-state index contributed by atoms with van der Waals surface area (Å²) in [6, 6.07) is 0. The number of nitrogens with zero attached hydrogens (tertiary/aromatic N) is 1. The normalized spacial score (nSPS) is 19.1. The molecule has 1 aliphatic rings. The average molecular weight is 185 g/mol. The summed E-state index contributed by atoms with van der Waals surface area (Å²) in [5.74, 6) is 0.975. The summed E-state index contributed by atoms with van der Waals surface area (Å²) >= 11 is 0. The van der Waals surface area contributed by atoms with Crippen molar-refractivity contribution >= 4 is 5.91 Å². The van der Waals surface area contributed by atoms with Crippen molar-refractivity contribution in [2.75, 3.05) is 19.7 Å². The number of carbonyl (C=O) groups excluding carboxylic acids is 1. The summed E-state index contributed by atoms with van der Waals surface area (Å²) in [6.07, 6.45) is 3.37. The lowest BCUT2D eigenvalue weighted by molar-refractivity contribution is -0.132. The van der Waals surface area contributed by atoms with Crippen LogP contribution in [0.1, 0.15) is 32.6 Å². The van der Waals surface area contributed by atoms with Gasteiger partial charge in [0, 0.05) is 26.1 Å². The van der Waals surface area contributed by atoms with Crippen LogP contribution in [0.3, 0.4) is 0 Å². The Kier molecular flexibility index (Phi) is 4.22. The molecule has 76 valence electrons. The maximum Gasteiger partial charge on any atom is 0.222 e. The molecule has 1 amide bonds. The lowest BCUT2D eigenvalue weighted by Crippen LogP contribution is -2.37. The third kappa shape index (κ3) is 3.35. The van der Waals surface area contributed by atoms with E-state index in [1.165, 1.54) is 0 Å². The highest BCUT2D eigenvalue weighted by molar-refractivity contribution is 5.76. The van der Waals surface area contributed by atoms with Gasteiger partial charge in [0.2, 0.25) is 5.91 Å². The Morgan fingerprint density at radius 2 is 2.08 bits per heavy atom. The van der Waals surface area contributed by atoms with Gasteiger partial charge in [-0.05, 0) is 25.2 Å². The van der Waals surface area contributed by atoms with Crippen LogP contribution in [0, 0.1) is 5.92 Å². The van der Waals surface area contributed by atoms with E-state index in [0.29, 0.717) is 12.8 Å². The average Bonchev–Trinajstić information content (AvgIpc) is 2.15. The van der Waals surface area contributed by atoms with Crippen LogP contribution in [-0.2, 0) is 4.79 Å². The van der Waals surface area contributed by atoms with E-state index in [9.17, 15) is 4.79 Å². The lowest BCUT2D eigenvalue weighted by atomic mass is 9.99. The Hall–Kier alpha value is -0.570. The van der Waals surface area contributed by atoms with E-state index in [0.717, 1.165) is 31.8 Å². The summed E-state index contributed by atoms with van der Waals surface area (Å²) < 4.78 is 0. The largest absolute Gasteiger partial charge is 0.396 e. The van der Waals surface area contributed by atoms with E-state index in [-0.39, 0.29) is 12.5 Å². The van der Waals surface area contributed by atoms with E-state index in [1.807, 2.05) is 4.90 Å². The van der Waals surface area contributed by atoms with Gasteiger partial charge >= 0.3 is 0 Å². The van der Waals surface area contributed by atoms with Crippen molar-refractivity contribution in [1.29, 1.82) is 0 Å². The topological polar surface area (TPSA) is 40.5 Å². The molecule has 0 atom stereocenters. The molecule has 0 unspecified atom stereocenters. The van der Waals surface area contributed by atoms with Crippen LogP contribution in [-0.4, -0.2) is 35.6 Å². The fourth-order valence-corrected chi connectivity index (χ4v) is 1.65. The highest BCUT2D eigenvalue weighted by atomic mass is 16.3. The molecule has 1 aliphatic heterocycles. The first-order valence-corrected chi connectivity index (χ1v) is 5.12. The van der Waals surface area contributed by atoms with Gasteiger partial charge in [-0.3, -0.25) is 4.79 Å². The first-order valence-electron chi connectivity index (χ1n) is 5.12. The van der Waals surface area contributed by atoms with Gasteiger partial charge in [0.1, 0.15) is 0 Å². The Morgan fingerprint density at radius 1 is 1.46 bits per heavy atom. The molecule has 0 saturated carbocycles. The Balaban J connectivity index is 2.23. The monoisotopic (exact) mass is 185 g/mol. The van der Waals surface area contributed by atoms with Crippen LogP contribution in [0.2, 0.25) is 0 Å². The molecule has 1 N–H and O–H groups in total. The standard InChI is InChI=1S/C10H19NO2/c1-9-4-6-11(7-5-9)10(13)3-2-8-12/h9,12H,2-8H2,1H3. The predicted octanol–water partition coefficient (Wildman–Crippen LogP) is 1.02. The summed E-state index contributed by atoms with van der Waals surface area (Å²) in [6.45, 7) is 4.17. The molecule has 1 rings (SSSR count). The molecule has 0 aromatic rings. The minimum Gasteiger partial charge on any atom is -0.396 e. The number of aliphatic hydroxyl groups excluding tert-OH is 1. The molecule has 0 aromatic heterocycles. The van der Waals surface area contributed by atoms with Gasteiger partial charge in [-0.2, -0.15) is 0 Å². The van der Waals surface area contributed by atoms with E-state index < -0.39 is 0 Å². The molecule has 13 heavy (non-hydrogen) atoms. The maximum atomic E-state index is 11.5. The van der Waals surface area contributed by atoms with Crippen LogP contribution in [0.5, 0.6) is 0 Å². The number of amides is 1. The van der Waals surface area contributed by atoms with E-state index >= 15 is 0 Å². The third-order valence-electron chi connectivity index (χ3n) is 2.69. The van der Waals surface area contributed by atoms with E-state index in [4.69, 9.17) is 5.11 Å². The van der Waals surface area contributed by atoms with Crippen molar-refractivity contribution in [3.05, 3.63) is 0 Å². The quantitative estimate of drug-likeness (QED) is 0.713. The molecular formula is C10H19NO2. The molecule has 0 aromatic carbocycles. The van der Waals surface area contributed by atoms with E-state index in [1.54, 1.807) is 0 Å². The molecule has 3 nitrogen and oxygen atoms in total. The fourth-order valence-electron chi connectivity index (χ4n) is 1.65. The minimum absolute atomic E-state index is 0.121. The number of piperidine rings is 1. The van der Waals surface area contributed by atoms with Gasteiger partial charge in [0.15, 0.2) is 0 Å². The van der Waals surface area contributed by atoms with Gasteiger partial charge in [0.05, 0.1) is 0 Å². The van der Waals surface area contributed by atoms with Gasteiger partial charge < -0.3 is 10.0 Å². The highest BCUT2D eigenvalue weighted by Gasteiger charge is 2.19. The predicted molar refractivity (Wildman–Crippen MR) is 51.3 cm³/mol. The number of carbonyl (C=O) groups is 1. The molecule has 3 heteroatoms. The molecular weight excluding hydrogens is 166 g/mol. The smallest absolute Gasteiger partial charge is 0.222 e. The second-order valence-corrected chi connectivity index (χ2v) is 3.89. The number of hydrogen-bond acceptors (Lipinski definition) is 2. The molecule has 0 radical (unpaired) electrons. The Bertz CT molecular complexity index is 162. The summed E-state index contributed by atoms with van der Waals surface area (Å²) in [5, 5.41) is 8.58. The lowest BCUT2D eigenvalue weighted by Gasteiger charge is -2.30. The van der Waals surface area contributed by atoms with Crippen LogP contribution in [0.25, 0.3) is 0 Å². The van der Waals surface area contributed by atoms with Gasteiger partial charge in [-0.15, -0.1) is 0 Å². The Labute approximate surface area is 79.7 Å². The second kappa shape index (κ2) is 5.22. The van der Waals surface area contributed by atoms with Gasteiger partial charge in [-0.1, -0.05) is 6.92 Å². The summed E-state index contributed by atoms with van der Waals surface area (Å²) in [7, 11) is 0. The third-order valence-corrected chi connectivity index (χ3v) is 2.69. The van der Waals surface area contributed by atoms with E-state index in [2.05, 4.69) is 6.92 Å². The first-order chi connectivity index (χ1) is 6.24. The van der Waals surface area contributed by atoms with Crippen molar-refractivity contribution in [3.8, 4) is 0 Å². The van der Waals surface area contributed by atoms with Crippen molar-refractivity contribution in [2.45, 2.75) is 32.6 Å². The SMILES string of the molecule is CC1CCN(C(=O)CCCO)CC1. The van der Waals surface area contributed by atoms with Crippen LogP contribution in [0.15, 0.2) is 0 Å². The zero-order valence-electron chi connectivity index (χ0n) is 8.33. The molecule has 1 fully saturated rings. The van der Waals surface area contributed by atoms with Crippen molar-refractivity contribution in [3.63, 3.8) is 0 Å². The number of rotatable bonds is 3. The maximum absolute atomic E-state index is 11.5. The van der Waals surface area contributed by atoms with Gasteiger partial charge in [-0.25, -0.2) is 0 Å². The van der Waals surface area contributed by atoms with Crippen molar-refractivity contribution in [1.82, 2.24) is 4.90 Å². The van der Waals surface area contributed by atoms with Crippen LogP contribution < -0.4 is 0 Å². The molecule has 1 heterocycles. The van der Waals surface area contributed by atoms with Crippen molar-refractivity contribution in [2.24, 2.45) is 5.92 Å². The van der Waals surface area contributed by atoms with Crippen LogP contribution >= 0.6 is 0 Å². The molecule has 0 aliphatic carbocycles. The van der Waals surface area contributed by atoms with Crippen molar-refractivity contribution < 1.29 is 9.90 Å². The number of likely N-dealkylation sites (tertiary alicyclic amines) is 1. The second-order valence-electron chi connectivity index (χ2n) is 3.89. The number of aliphatic hydroxyl groups is 1.